The summed E-state index contributed by atoms with van der Waals surface area (Å²) in [6.07, 6.45) is 6.13. The van der Waals surface area contributed by atoms with Gasteiger partial charge in [-0.25, -0.2) is 0 Å². The van der Waals surface area contributed by atoms with Gasteiger partial charge in [-0.3, -0.25) is 0 Å². The van der Waals surface area contributed by atoms with E-state index in [-0.39, 0.29) is 18.8 Å². The lowest BCUT2D eigenvalue weighted by molar-refractivity contribution is 0.141. The second-order valence-corrected chi connectivity index (χ2v) is 4.99. The third kappa shape index (κ3) is 2.67. The Hall–Kier alpha value is -0.680. The molecule has 0 bridgehead atoms. The van der Waals surface area contributed by atoms with Gasteiger partial charge in [0.05, 0.1) is 6.61 Å². The lowest BCUT2D eigenvalue weighted by Crippen LogP contribution is -2.35. The molecule has 102 valence electrons. The zero-order chi connectivity index (χ0) is 13.1. The number of ether oxygens (including phenoxy) is 1. The molecule has 0 saturated carbocycles. The summed E-state index contributed by atoms with van der Waals surface area (Å²) >= 11 is 0. The topological polar surface area (TPSA) is 73.2 Å². The molecule has 3 N–H and O–H groups in total. The fraction of sp³-hybridized carbons (Fsp3) is 0.714. The van der Waals surface area contributed by atoms with E-state index in [0.717, 1.165) is 12.8 Å². The molecular formula is C14H22O4. The molecule has 1 saturated heterocycles. The van der Waals surface area contributed by atoms with Gasteiger partial charge in [0.1, 0.15) is 24.4 Å². The maximum absolute atomic E-state index is 10.0. The first-order valence-electron chi connectivity index (χ1n) is 6.72. The third-order valence-electron chi connectivity index (χ3n) is 3.67. The molecule has 0 aromatic rings. The van der Waals surface area contributed by atoms with Gasteiger partial charge in [-0.15, -0.1) is 0 Å². The van der Waals surface area contributed by atoms with Crippen LogP contribution in [0.5, 0.6) is 0 Å². The van der Waals surface area contributed by atoms with Crippen LogP contribution >= 0.6 is 0 Å². The van der Waals surface area contributed by atoms with Crippen molar-refractivity contribution in [3.05, 3.63) is 23.3 Å². The van der Waals surface area contributed by atoms with Crippen molar-refractivity contribution < 1.29 is 20.1 Å². The van der Waals surface area contributed by atoms with Gasteiger partial charge in [-0.05, 0) is 24.0 Å². The van der Waals surface area contributed by atoms with Gasteiger partial charge < -0.3 is 20.1 Å². The number of aliphatic hydroxyl groups excluding tert-OH is 3. The highest BCUT2D eigenvalue weighted by atomic mass is 16.6. The van der Waals surface area contributed by atoms with E-state index in [4.69, 9.17) is 4.74 Å². The van der Waals surface area contributed by atoms with Crippen LogP contribution in [0, 0.1) is 0 Å². The van der Waals surface area contributed by atoms with E-state index in [1.54, 1.807) is 0 Å². The van der Waals surface area contributed by atoms with Crippen LogP contribution in [0.15, 0.2) is 23.3 Å². The molecule has 0 radical (unpaired) electrons. The fourth-order valence-electron chi connectivity index (χ4n) is 2.49. The van der Waals surface area contributed by atoms with Crippen molar-refractivity contribution in [3.63, 3.8) is 0 Å². The number of allylic oxidation sites excluding steroid dienone is 1. The van der Waals surface area contributed by atoms with Crippen molar-refractivity contribution in [2.75, 3.05) is 6.61 Å². The van der Waals surface area contributed by atoms with Crippen LogP contribution in [0.2, 0.25) is 0 Å². The Bertz CT molecular complexity index is 348. The number of aliphatic hydroxyl groups is 3. The number of rotatable bonds is 6. The second-order valence-electron chi connectivity index (χ2n) is 4.99. The van der Waals surface area contributed by atoms with E-state index in [1.807, 2.05) is 12.2 Å². The molecule has 4 nitrogen and oxygen atoms in total. The van der Waals surface area contributed by atoms with E-state index in [2.05, 4.69) is 6.92 Å². The Labute approximate surface area is 108 Å². The Morgan fingerprint density at radius 3 is 2.56 bits per heavy atom. The Morgan fingerprint density at radius 1 is 1.17 bits per heavy atom. The first-order valence-corrected chi connectivity index (χ1v) is 6.72. The predicted molar refractivity (Wildman–Crippen MR) is 68.1 cm³/mol. The fourth-order valence-corrected chi connectivity index (χ4v) is 2.49. The molecular weight excluding hydrogens is 232 g/mol. The summed E-state index contributed by atoms with van der Waals surface area (Å²) in [6, 6.07) is 0. The quantitative estimate of drug-likeness (QED) is 0.487. The molecule has 2 aliphatic rings. The third-order valence-corrected chi connectivity index (χ3v) is 3.67. The van der Waals surface area contributed by atoms with Crippen molar-refractivity contribution in [3.8, 4) is 0 Å². The van der Waals surface area contributed by atoms with Gasteiger partial charge in [0.15, 0.2) is 0 Å². The molecule has 1 aliphatic heterocycles. The molecule has 18 heavy (non-hydrogen) atoms. The van der Waals surface area contributed by atoms with Crippen LogP contribution in [-0.4, -0.2) is 46.3 Å². The van der Waals surface area contributed by atoms with Gasteiger partial charge in [0.2, 0.25) is 0 Å². The van der Waals surface area contributed by atoms with Crippen LogP contribution < -0.4 is 0 Å². The number of fused-ring (bicyclic) bond motifs is 1. The van der Waals surface area contributed by atoms with E-state index in [1.165, 1.54) is 12.8 Å². The molecule has 0 aromatic heterocycles. The molecule has 0 aromatic carbocycles. The summed E-state index contributed by atoms with van der Waals surface area (Å²) in [7, 11) is 0. The number of hydrogen-bond acceptors (Lipinski definition) is 4. The summed E-state index contributed by atoms with van der Waals surface area (Å²) in [6.45, 7) is 1.92. The van der Waals surface area contributed by atoms with Gasteiger partial charge in [-0.2, -0.15) is 0 Å². The van der Waals surface area contributed by atoms with Gasteiger partial charge >= 0.3 is 0 Å². The summed E-state index contributed by atoms with van der Waals surface area (Å²) < 4.78 is 5.22. The van der Waals surface area contributed by atoms with Crippen molar-refractivity contribution in [1.29, 1.82) is 0 Å². The van der Waals surface area contributed by atoms with Crippen molar-refractivity contribution in [2.45, 2.75) is 57.0 Å². The molecule has 2 rings (SSSR count). The number of unbranched alkanes of at least 4 members (excludes halogenated alkanes) is 3. The van der Waals surface area contributed by atoms with Crippen LogP contribution in [0.1, 0.15) is 32.6 Å². The number of epoxide rings is 1. The standard InChI is InChI=1S/C14H22O4/c1-2-3-4-5-6-7-9-10(8-15)12(17)14-13(18-14)11(9)16/h6-7,11-17H,2-5,8H2,1H3/b7-6+/t11-,12+,13?,14?/m1/s1. The van der Waals surface area contributed by atoms with Crippen molar-refractivity contribution in [1.82, 2.24) is 0 Å². The summed E-state index contributed by atoms with van der Waals surface area (Å²) in [5.41, 5.74) is 1.12. The van der Waals surface area contributed by atoms with E-state index >= 15 is 0 Å². The summed E-state index contributed by atoms with van der Waals surface area (Å²) in [4.78, 5) is 0. The minimum atomic E-state index is -0.779. The SMILES string of the molecule is CCCCC/C=C/C1=C(CO)[C@H](O)C2OC2[C@@H]1O. The summed E-state index contributed by atoms with van der Waals surface area (Å²) in [5, 5.41) is 29.3. The van der Waals surface area contributed by atoms with Gasteiger partial charge in [0, 0.05) is 0 Å². The van der Waals surface area contributed by atoms with Crippen molar-refractivity contribution >= 4 is 0 Å². The summed E-state index contributed by atoms with van der Waals surface area (Å²) in [5.74, 6) is 0. The maximum Gasteiger partial charge on any atom is 0.117 e. The maximum atomic E-state index is 10.0. The van der Waals surface area contributed by atoms with Crippen LogP contribution in [-0.2, 0) is 4.74 Å². The monoisotopic (exact) mass is 254 g/mol. The van der Waals surface area contributed by atoms with E-state index < -0.39 is 12.2 Å². The van der Waals surface area contributed by atoms with Crippen molar-refractivity contribution in [2.24, 2.45) is 0 Å². The first kappa shape index (κ1) is 13.7. The molecule has 1 fully saturated rings. The highest BCUT2D eigenvalue weighted by Gasteiger charge is 2.54. The average molecular weight is 254 g/mol. The van der Waals surface area contributed by atoms with E-state index in [0.29, 0.717) is 11.1 Å². The molecule has 0 spiro atoms. The minimum absolute atomic E-state index is 0.237. The number of hydrogen-bond donors (Lipinski definition) is 3. The van der Waals surface area contributed by atoms with E-state index in [9.17, 15) is 15.3 Å². The Balaban J connectivity index is 2.02. The highest BCUT2D eigenvalue weighted by molar-refractivity contribution is 5.39. The normalized spacial score (nSPS) is 35.1. The Morgan fingerprint density at radius 2 is 1.89 bits per heavy atom. The average Bonchev–Trinajstić information content (AvgIpc) is 3.15. The van der Waals surface area contributed by atoms with Crippen LogP contribution in [0.4, 0.5) is 0 Å². The molecule has 4 heteroatoms. The highest BCUT2D eigenvalue weighted by Crippen LogP contribution is 2.40. The lowest BCUT2D eigenvalue weighted by atomic mass is 9.87. The molecule has 0 amide bonds. The second kappa shape index (κ2) is 5.97. The van der Waals surface area contributed by atoms with Gasteiger partial charge in [0.25, 0.3) is 0 Å². The molecule has 2 unspecified atom stereocenters. The largest absolute Gasteiger partial charge is 0.392 e. The molecule has 1 heterocycles. The minimum Gasteiger partial charge on any atom is -0.392 e. The van der Waals surface area contributed by atoms with Crippen LogP contribution in [0.3, 0.4) is 0 Å². The van der Waals surface area contributed by atoms with Crippen LogP contribution in [0.25, 0.3) is 0 Å². The predicted octanol–water partition coefficient (Wildman–Crippen LogP) is 0.915. The smallest absolute Gasteiger partial charge is 0.117 e. The van der Waals surface area contributed by atoms with Gasteiger partial charge in [-0.1, -0.05) is 31.9 Å². The lowest BCUT2D eigenvalue weighted by Gasteiger charge is -2.23. The first-order chi connectivity index (χ1) is 8.70. The molecule has 1 aliphatic carbocycles. The zero-order valence-corrected chi connectivity index (χ0v) is 10.7. The zero-order valence-electron chi connectivity index (χ0n) is 10.7. The Kier molecular flexibility index (Phi) is 4.56. The molecule has 4 atom stereocenters.